The van der Waals surface area contributed by atoms with Gasteiger partial charge in [0.1, 0.15) is 0 Å². The Morgan fingerprint density at radius 1 is 1.42 bits per heavy atom. The lowest BCUT2D eigenvalue weighted by Crippen LogP contribution is -2.46. The molecule has 1 unspecified atom stereocenters. The van der Waals surface area contributed by atoms with E-state index in [0.29, 0.717) is 0 Å². The second kappa shape index (κ2) is 3.72. The van der Waals surface area contributed by atoms with Crippen molar-refractivity contribution in [3.8, 4) is 0 Å². The minimum Gasteiger partial charge on any atom is -0.329 e. The Morgan fingerprint density at radius 3 is 2.08 bits per heavy atom. The van der Waals surface area contributed by atoms with Crippen LogP contribution < -0.4 is 10.5 Å². The molecule has 0 aromatic heterocycles. The number of sulfonamides is 1. The molecule has 0 radical (unpaired) electrons. The maximum absolute atomic E-state index is 11.4. The van der Waals surface area contributed by atoms with E-state index in [4.69, 9.17) is 5.73 Å². The van der Waals surface area contributed by atoms with E-state index in [1.165, 1.54) is 0 Å². The average Bonchev–Trinajstić information content (AvgIpc) is 1.80. The Labute approximate surface area is 74.6 Å². The maximum atomic E-state index is 11.4. The molecule has 0 rings (SSSR count). The van der Waals surface area contributed by atoms with Gasteiger partial charge in [-0.05, 0) is 27.7 Å². The molecule has 0 bridgehead atoms. The van der Waals surface area contributed by atoms with Crippen LogP contribution in [0, 0.1) is 0 Å². The highest BCUT2D eigenvalue weighted by Gasteiger charge is 2.24. The van der Waals surface area contributed by atoms with Crippen molar-refractivity contribution in [1.82, 2.24) is 4.72 Å². The molecule has 0 aliphatic rings. The van der Waals surface area contributed by atoms with Crippen molar-refractivity contribution in [3.63, 3.8) is 0 Å². The average molecular weight is 194 g/mol. The van der Waals surface area contributed by atoms with Crippen LogP contribution in [0.4, 0.5) is 0 Å². The summed E-state index contributed by atoms with van der Waals surface area (Å²) in [6, 6.07) is 0. The number of nitrogens with one attached hydrogen (secondary N) is 1. The zero-order valence-electron chi connectivity index (χ0n) is 8.09. The highest BCUT2D eigenvalue weighted by molar-refractivity contribution is 7.90. The summed E-state index contributed by atoms with van der Waals surface area (Å²) in [4.78, 5) is 0. The fourth-order valence-corrected chi connectivity index (χ4v) is 1.96. The molecule has 0 spiro atoms. The molecule has 4 nitrogen and oxygen atoms in total. The van der Waals surface area contributed by atoms with Crippen molar-refractivity contribution >= 4 is 10.0 Å². The van der Waals surface area contributed by atoms with Crippen molar-refractivity contribution in [2.24, 2.45) is 5.73 Å². The molecule has 0 saturated heterocycles. The second-order valence-corrected chi connectivity index (χ2v) is 6.04. The largest absolute Gasteiger partial charge is 0.329 e. The third kappa shape index (κ3) is 4.04. The molecule has 5 heteroatoms. The van der Waals surface area contributed by atoms with E-state index < -0.39 is 20.8 Å². The van der Waals surface area contributed by atoms with Gasteiger partial charge in [0.15, 0.2) is 0 Å². The van der Waals surface area contributed by atoms with Gasteiger partial charge in [0.2, 0.25) is 10.0 Å². The van der Waals surface area contributed by atoms with E-state index in [0.717, 1.165) is 0 Å². The van der Waals surface area contributed by atoms with Crippen LogP contribution in [0.3, 0.4) is 0 Å². The highest BCUT2D eigenvalue weighted by Crippen LogP contribution is 2.05. The molecule has 0 saturated carbocycles. The van der Waals surface area contributed by atoms with Crippen LogP contribution in [0.5, 0.6) is 0 Å². The van der Waals surface area contributed by atoms with Crippen molar-refractivity contribution in [3.05, 3.63) is 0 Å². The maximum Gasteiger partial charge on any atom is 0.215 e. The number of hydrogen-bond acceptors (Lipinski definition) is 3. The predicted octanol–water partition coefficient (Wildman–Crippen LogP) is 0.0515. The lowest BCUT2D eigenvalue weighted by molar-refractivity contribution is 0.485. The third-order valence-corrected chi connectivity index (χ3v) is 3.46. The summed E-state index contributed by atoms with van der Waals surface area (Å²) in [6.07, 6.45) is 0. The minimum absolute atomic E-state index is 0.144. The van der Waals surface area contributed by atoms with Crippen LogP contribution in [0.15, 0.2) is 0 Å². The Bertz CT molecular complexity index is 228. The molecule has 1 atom stereocenters. The summed E-state index contributed by atoms with van der Waals surface area (Å²) in [7, 11) is -3.24. The van der Waals surface area contributed by atoms with Gasteiger partial charge < -0.3 is 5.73 Å². The fourth-order valence-electron chi connectivity index (χ4n) is 0.654. The molecule has 0 aliphatic heterocycles. The molecule has 0 fully saturated rings. The lowest BCUT2D eigenvalue weighted by atomic mass is 10.1. The van der Waals surface area contributed by atoms with Crippen molar-refractivity contribution < 1.29 is 8.42 Å². The van der Waals surface area contributed by atoms with Crippen molar-refractivity contribution in [1.29, 1.82) is 0 Å². The number of hydrogen-bond donors (Lipinski definition) is 2. The van der Waals surface area contributed by atoms with Gasteiger partial charge in [-0.2, -0.15) is 0 Å². The molecule has 12 heavy (non-hydrogen) atoms. The van der Waals surface area contributed by atoms with Crippen LogP contribution in [-0.4, -0.2) is 25.8 Å². The molecule has 3 N–H and O–H groups in total. The minimum atomic E-state index is -3.24. The van der Waals surface area contributed by atoms with Gasteiger partial charge in [0, 0.05) is 12.1 Å². The Hall–Kier alpha value is -0.130. The van der Waals surface area contributed by atoms with E-state index in [2.05, 4.69) is 4.72 Å². The molecule has 74 valence electrons. The first-order chi connectivity index (χ1) is 5.19. The summed E-state index contributed by atoms with van der Waals surface area (Å²) in [5.41, 5.74) is 4.83. The molecule has 0 heterocycles. The van der Waals surface area contributed by atoms with E-state index in [1.54, 1.807) is 27.7 Å². The normalized spacial score (nSPS) is 16.1. The van der Waals surface area contributed by atoms with Crippen molar-refractivity contribution in [2.45, 2.75) is 38.5 Å². The van der Waals surface area contributed by atoms with E-state index >= 15 is 0 Å². The lowest BCUT2D eigenvalue weighted by Gasteiger charge is -2.22. The smallest absolute Gasteiger partial charge is 0.215 e. The van der Waals surface area contributed by atoms with Gasteiger partial charge in [-0.1, -0.05) is 0 Å². The third-order valence-electron chi connectivity index (χ3n) is 1.31. The molecule has 0 aromatic rings. The summed E-state index contributed by atoms with van der Waals surface area (Å²) in [6.45, 7) is 7.13. The van der Waals surface area contributed by atoms with Crippen LogP contribution >= 0.6 is 0 Å². The predicted molar refractivity (Wildman–Crippen MR) is 50.3 cm³/mol. The molecule has 0 aliphatic carbocycles. The number of nitrogens with two attached hydrogens (primary N) is 1. The summed E-state index contributed by atoms with van der Waals surface area (Å²) in [5, 5.41) is -0.531. The van der Waals surface area contributed by atoms with Crippen LogP contribution in [-0.2, 0) is 10.0 Å². The van der Waals surface area contributed by atoms with E-state index in [-0.39, 0.29) is 6.54 Å². The summed E-state index contributed by atoms with van der Waals surface area (Å²) < 4.78 is 25.3. The zero-order chi connectivity index (χ0) is 9.99. The van der Waals surface area contributed by atoms with Crippen LogP contribution in [0.25, 0.3) is 0 Å². The SMILES string of the molecule is CC(CN)S(=O)(=O)NC(C)(C)C. The summed E-state index contributed by atoms with van der Waals surface area (Å²) >= 11 is 0. The van der Waals surface area contributed by atoms with E-state index in [9.17, 15) is 8.42 Å². The molecular formula is C7H18N2O2S. The van der Waals surface area contributed by atoms with Gasteiger partial charge in [-0.15, -0.1) is 0 Å². The first-order valence-corrected chi connectivity index (χ1v) is 5.46. The van der Waals surface area contributed by atoms with Gasteiger partial charge in [0.05, 0.1) is 5.25 Å². The van der Waals surface area contributed by atoms with Gasteiger partial charge >= 0.3 is 0 Å². The summed E-state index contributed by atoms with van der Waals surface area (Å²) in [5.74, 6) is 0. The number of rotatable bonds is 3. The zero-order valence-corrected chi connectivity index (χ0v) is 8.90. The topological polar surface area (TPSA) is 72.2 Å². The second-order valence-electron chi connectivity index (χ2n) is 3.94. The molecule has 0 aromatic carbocycles. The quantitative estimate of drug-likeness (QED) is 0.667. The van der Waals surface area contributed by atoms with Crippen LogP contribution in [0.1, 0.15) is 27.7 Å². The fraction of sp³-hybridized carbons (Fsp3) is 1.00. The van der Waals surface area contributed by atoms with Crippen LogP contribution in [0.2, 0.25) is 0 Å². The standard InChI is InChI=1S/C7H18N2O2S/c1-6(5-8)12(10,11)9-7(2,3)4/h6,9H,5,8H2,1-4H3. The van der Waals surface area contributed by atoms with Gasteiger partial charge in [-0.25, -0.2) is 13.1 Å². The highest BCUT2D eigenvalue weighted by atomic mass is 32.2. The molecule has 0 amide bonds. The Morgan fingerprint density at radius 2 is 1.83 bits per heavy atom. The first-order valence-electron chi connectivity index (χ1n) is 3.92. The van der Waals surface area contributed by atoms with Gasteiger partial charge in [-0.3, -0.25) is 0 Å². The Balaban J connectivity index is 4.45. The van der Waals surface area contributed by atoms with Crippen molar-refractivity contribution in [2.75, 3.05) is 6.54 Å². The van der Waals surface area contributed by atoms with Gasteiger partial charge in [0.25, 0.3) is 0 Å². The monoisotopic (exact) mass is 194 g/mol. The Kier molecular flexibility index (Phi) is 3.68. The molecular weight excluding hydrogens is 176 g/mol. The van der Waals surface area contributed by atoms with E-state index in [1.807, 2.05) is 0 Å². The first kappa shape index (κ1) is 11.9.